The molecule has 2 aromatic carbocycles. The Bertz CT molecular complexity index is 888. The SMILES string of the molecule is COc1ccc(-c2c(C#N)nnn2-c2ccc(C)c(C)c2)cc1. The van der Waals surface area contributed by atoms with Gasteiger partial charge >= 0.3 is 0 Å². The van der Waals surface area contributed by atoms with Gasteiger partial charge in [0.25, 0.3) is 0 Å². The molecule has 0 saturated heterocycles. The molecule has 0 bridgehead atoms. The molecular weight excluding hydrogens is 288 g/mol. The van der Waals surface area contributed by atoms with E-state index < -0.39 is 0 Å². The van der Waals surface area contributed by atoms with E-state index in [1.54, 1.807) is 11.8 Å². The summed E-state index contributed by atoms with van der Waals surface area (Å²) in [6.45, 7) is 4.11. The Morgan fingerprint density at radius 2 is 1.78 bits per heavy atom. The molecule has 0 aliphatic heterocycles. The summed E-state index contributed by atoms with van der Waals surface area (Å²) in [5.74, 6) is 0.762. The fraction of sp³-hybridized carbons (Fsp3) is 0.167. The lowest BCUT2D eigenvalue weighted by atomic mass is 10.1. The van der Waals surface area contributed by atoms with Crippen LogP contribution in [0.15, 0.2) is 42.5 Å². The molecular formula is C18H16N4O. The zero-order chi connectivity index (χ0) is 16.4. The van der Waals surface area contributed by atoms with Crippen molar-refractivity contribution in [2.24, 2.45) is 0 Å². The van der Waals surface area contributed by atoms with Crippen LogP contribution in [0.3, 0.4) is 0 Å². The summed E-state index contributed by atoms with van der Waals surface area (Å²) in [5.41, 5.74) is 5.10. The fourth-order valence-electron chi connectivity index (χ4n) is 2.40. The van der Waals surface area contributed by atoms with Crippen LogP contribution < -0.4 is 4.74 Å². The molecule has 0 N–H and O–H groups in total. The van der Waals surface area contributed by atoms with Crippen LogP contribution in [-0.2, 0) is 0 Å². The Morgan fingerprint density at radius 3 is 2.39 bits per heavy atom. The molecule has 0 amide bonds. The molecule has 5 nitrogen and oxygen atoms in total. The first-order valence-corrected chi connectivity index (χ1v) is 7.22. The summed E-state index contributed by atoms with van der Waals surface area (Å²) in [5, 5.41) is 17.5. The van der Waals surface area contributed by atoms with E-state index in [0.29, 0.717) is 11.4 Å². The Hall–Kier alpha value is -3.13. The molecule has 23 heavy (non-hydrogen) atoms. The predicted octanol–water partition coefficient (Wildman–Crippen LogP) is 3.43. The van der Waals surface area contributed by atoms with Crippen LogP contribution in [0, 0.1) is 25.2 Å². The molecule has 1 aromatic heterocycles. The minimum atomic E-state index is 0.299. The largest absolute Gasteiger partial charge is 0.497 e. The number of ether oxygens (including phenoxy) is 1. The smallest absolute Gasteiger partial charge is 0.191 e. The lowest BCUT2D eigenvalue weighted by Crippen LogP contribution is -2.01. The lowest BCUT2D eigenvalue weighted by molar-refractivity contribution is 0.415. The first-order chi connectivity index (χ1) is 11.1. The number of aromatic nitrogens is 3. The van der Waals surface area contributed by atoms with Crippen molar-refractivity contribution in [1.29, 1.82) is 5.26 Å². The van der Waals surface area contributed by atoms with Crippen LogP contribution >= 0.6 is 0 Å². The second-order valence-electron chi connectivity index (χ2n) is 5.31. The van der Waals surface area contributed by atoms with Gasteiger partial charge in [-0.05, 0) is 61.4 Å². The third kappa shape index (κ3) is 2.67. The third-order valence-electron chi connectivity index (χ3n) is 3.87. The fourth-order valence-corrected chi connectivity index (χ4v) is 2.40. The molecule has 0 aliphatic rings. The number of aryl methyl sites for hydroxylation is 2. The van der Waals surface area contributed by atoms with Gasteiger partial charge in [0.2, 0.25) is 0 Å². The van der Waals surface area contributed by atoms with Gasteiger partial charge in [0, 0.05) is 5.56 Å². The van der Waals surface area contributed by atoms with Gasteiger partial charge < -0.3 is 4.74 Å². The molecule has 0 unspecified atom stereocenters. The second-order valence-corrected chi connectivity index (χ2v) is 5.31. The molecule has 0 atom stereocenters. The maximum atomic E-state index is 9.35. The number of methoxy groups -OCH3 is 1. The van der Waals surface area contributed by atoms with E-state index >= 15 is 0 Å². The average Bonchev–Trinajstić information content (AvgIpc) is 3.01. The third-order valence-corrected chi connectivity index (χ3v) is 3.87. The van der Waals surface area contributed by atoms with Crippen molar-refractivity contribution < 1.29 is 4.74 Å². The first kappa shape index (κ1) is 14.8. The van der Waals surface area contributed by atoms with Crippen molar-refractivity contribution in [3.05, 3.63) is 59.3 Å². The number of nitriles is 1. The highest BCUT2D eigenvalue weighted by Gasteiger charge is 2.16. The zero-order valence-corrected chi connectivity index (χ0v) is 13.2. The maximum absolute atomic E-state index is 9.35. The average molecular weight is 304 g/mol. The van der Waals surface area contributed by atoms with Crippen molar-refractivity contribution in [1.82, 2.24) is 15.0 Å². The van der Waals surface area contributed by atoms with E-state index in [4.69, 9.17) is 4.74 Å². The number of benzene rings is 2. The molecule has 0 spiro atoms. The molecule has 0 saturated carbocycles. The Kier molecular flexibility index (Phi) is 3.82. The molecule has 1 heterocycles. The number of nitrogens with zero attached hydrogens (tertiary/aromatic N) is 4. The van der Waals surface area contributed by atoms with E-state index in [-0.39, 0.29) is 0 Å². The van der Waals surface area contributed by atoms with Gasteiger partial charge in [-0.3, -0.25) is 0 Å². The van der Waals surface area contributed by atoms with Gasteiger partial charge in [-0.2, -0.15) is 5.26 Å². The van der Waals surface area contributed by atoms with Gasteiger partial charge in [0.05, 0.1) is 12.8 Å². The summed E-state index contributed by atoms with van der Waals surface area (Å²) in [7, 11) is 1.62. The molecule has 5 heteroatoms. The van der Waals surface area contributed by atoms with Gasteiger partial charge in [-0.15, -0.1) is 5.10 Å². The summed E-state index contributed by atoms with van der Waals surface area (Å²) in [6, 6.07) is 15.7. The van der Waals surface area contributed by atoms with Gasteiger partial charge in [-0.1, -0.05) is 11.3 Å². The Balaban J connectivity index is 2.17. The van der Waals surface area contributed by atoms with Crippen molar-refractivity contribution in [2.75, 3.05) is 7.11 Å². The molecule has 0 fully saturated rings. The molecule has 3 rings (SSSR count). The van der Waals surface area contributed by atoms with Crippen LogP contribution in [0.25, 0.3) is 16.9 Å². The van der Waals surface area contributed by atoms with Crippen molar-refractivity contribution >= 4 is 0 Å². The molecule has 3 aromatic rings. The number of rotatable bonds is 3. The highest BCUT2D eigenvalue weighted by Crippen LogP contribution is 2.27. The topological polar surface area (TPSA) is 63.7 Å². The van der Waals surface area contributed by atoms with E-state index in [9.17, 15) is 5.26 Å². The normalized spacial score (nSPS) is 10.3. The summed E-state index contributed by atoms with van der Waals surface area (Å²) in [6.07, 6.45) is 0. The number of hydrogen-bond acceptors (Lipinski definition) is 4. The molecule has 0 aliphatic carbocycles. The van der Waals surface area contributed by atoms with E-state index in [2.05, 4.69) is 23.3 Å². The first-order valence-electron chi connectivity index (χ1n) is 7.22. The summed E-state index contributed by atoms with van der Waals surface area (Å²) in [4.78, 5) is 0. The predicted molar refractivity (Wildman–Crippen MR) is 87.5 cm³/mol. The summed E-state index contributed by atoms with van der Waals surface area (Å²) < 4.78 is 6.89. The molecule has 0 radical (unpaired) electrons. The Labute approximate surface area is 134 Å². The Morgan fingerprint density at radius 1 is 1.04 bits per heavy atom. The highest BCUT2D eigenvalue weighted by molar-refractivity contribution is 5.67. The quantitative estimate of drug-likeness (QED) is 0.743. The van der Waals surface area contributed by atoms with E-state index in [1.165, 1.54) is 5.56 Å². The second kappa shape index (κ2) is 5.93. The van der Waals surface area contributed by atoms with Crippen molar-refractivity contribution in [2.45, 2.75) is 13.8 Å². The van der Waals surface area contributed by atoms with Crippen LogP contribution in [0.1, 0.15) is 16.8 Å². The number of hydrogen-bond donors (Lipinski definition) is 0. The maximum Gasteiger partial charge on any atom is 0.191 e. The monoisotopic (exact) mass is 304 g/mol. The standard InChI is InChI=1S/C18H16N4O/c1-12-4-7-15(10-13(12)2)22-18(17(11-19)20-21-22)14-5-8-16(23-3)9-6-14/h4-10H,1-3H3. The molecule has 114 valence electrons. The summed E-state index contributed by atoms with van der Waals surface area (Å²) >= 11 is 0. The van der Waals surface area contributed by atoms with Crippen molar-refractivity contribution in [3.63, 3.8) is 0 Å². The minimum absolute atomic E-state index is 0.299. The van der Waals surface area contributed by atoms with E-state index in [0.717, 1.165) is 22.6 Å². The van der Waals surface area contributed by atoms with Crippen molar-refractivity contribution in [3.8, 4) is 28.8 Å². The van der Waals surface area contributed by atoms with Crippen LogP contribution in [0.4, 0.5) is 0 Å². The van der Waals surface area contributed by atoms with Crippen LogP contribution in [-0.4, -0.2) is 22.1 Å². The lowest BCUT2D eigenvalue weighted by Gasteiger charge is -2.09. The van der Waals surface area contributed by atoms with Gasteiger partial charge in [0.15, 0.2) is 5.69 Å². The zero-order valence-electron chi connectivity index (χ0n) is 13.2. The van der Waals surface area contributed by atoms with Gasteiger partial charge in [-0.25, -0.2) is 4.68 Å². The minimum Gasteiger partial charge on any atom is -0.497 e. The van der Waals surface area contributed by atoms with E-state index in [1.807, 2.05) is 49.4 Å². The van der Waals surface area contributed by atoms with Crippen LogP contribution in [0.2, 0.25) is 0 Å². The van der Waals surface area contributed by atoms with Gasteiger partial charge in [0.1, 0.15) is 17.5 Å². The van der Waals surface area contributed by atoms with Crippen LogP contribution in [0.5, 0.6) is 5.75 Å². The highest BCUT2D eigenvalue weighted by atomic mass is 16.5.